The van der Waals surface area contributed by atoms with Crippen LogP contribution in [-0.4, -0.2) is 41.2 Å². The van der Waals surface area contributed by atoms with Crippen LogP contribution < -0.4 is 20.7 Å². The van der Waals surface area contributed by atoms with E-state index in [0.717, 1.165) is 0 Å². The Morgan fingerprint density at radius 1 is 1.08 bits per heavy atom. The average molecular weight is 523 g/mol. The minimum absolute atomic E-state index is 0.127. The van der Waals surface area contributed by atoms with Gasteiger partial charge in [0.25, 0.3) is 0 Å². The first-order valence-electron chi connectivity index (χ1n) is 11.0. The summed E-state index contributed by atoms with van der Waals surface area (Å²) in [5.74, 6) is -2.69. The van der Waals surface area contributed by atoms with E-state index in [1.54, 1.807) is 53.2 Å². The van der Waals surface area contributed by atoms with E-state index in [2.05, 4.69) is 10.6 Å². The van der Waals surface area contributed by atoms with Gasteiger partial charge in [-0.15, -0.1) is 0 Å². The molecule has 1 heterocycles. The van der Waals surface area contributed by atoms with Crippen LogP contribution in [0.5, 0.6) is 5.88 Å². The van der Waals surface area contributed by atoms with E-state index >= 15 is 0 Å². The molecule has 1 aromatic heterocycles. The molecule has 1 aliphatic carbocycles. The first-order valence-corrected chi connectivity index (χ1v) is 11.3. The topological polar surface area (TPSA) is 101 Å². The molecular weight excluding hydrogens is 501 g/mol. The Bertz CT molecular complexity index is 1330. The lowest BCUT2D eigenvalue weighted by Crippen LogP contribution is -2.52. The Labute approximate surface area is 208 Å². The van der Waals surface area contributed by atoms with Crippen LogP contribution in [0.1, 0.15) is 31.4 Å². The second kappa shape index (κ2) is 9.38. The number of alkyl halides is 3. The van der Waals surface area contributed by atoms with E-state index in [4.69, 9.17) is 16.3 Å². The number of halogens is 4. The monoisotopic (exact) mass is 522 g/mol. The van der Waals surface area contributed by atoms with Crippen LogP contribution in [0.15, 0.2) is 48.5 Å². The van der Waals surface area contributed by atoms with Crippen LogP contribution in [0.2, 0.25) is 5.02 Å². The zero-order valence-electron chi connectivity index (χ0n) is 19.2. The molecule has 0 radical (unpaired) electrons. The van der Waals surface area contributed by atoms with Crippen LogP contribution in [0.4, 0.5) is 18.0 Å². The molecule has 0 bridgehead atoms. The smallest absolute Gasteiger partial charge is 0.391 e. The van der Waals surface area contributed by atoms with Gasteiger partial charge < -0.3 is 20.7 Å². The lowest BCUT2D eigenvalue weighted by molar-refractivity contribution is -0.175. The molecule has 1 unspecified atom stereocenters. The highest BCUT2D eigenvalue weighted by Crippen LogP contribution is 2.40. The number of hydrogen-bond donors (Lipinski definition) is 3. The number of carbonyl (C=O) groups is 3. The molecule has 8 nitrogen and oxygen atoms in total. The maximum absolute atomic E-state index is 12.6. The molecule has 3 N–H and O–H groups in total. The predicted molar refractivity (Wildman–Crippen MR) is 126 cm³/mol. The molecule has 0 aliphatic heterocycles. The number of benzene rings is 2. The summed E-state index contributed by atoms with van der Waals surface area (Å²) in [7, 11) is 1.42. The third-order valence-electron chi connectivity index (χ3n) is 5.96. The van der Waals surface area contributed by atoms with E-state index in [9.17, 15) is 27.6 Å². The van der Waals surface area contributed by atoms with Gasteiger partial charge in [-0.25, -0.2) is 4.79 Å². The molecule has 3 amide bonds. The molecule has 1 saturated carbocycles. The highest BCUT2D eigenvalue weighted by molar-refractivity contribution is 6.37. The number of amides is 3. The van der Waals surface area contributed by atoms with Crippen molar-refractivity contribution in [1.29, 1.82) is 0 Å². The van der Waals surface area contributed by atoms with Crippen molar-refractivity contribution in [3.05, 3.63) is 59.1 Å². The van der Waals surface area contributed by atoms with Gasteiger partial charge in [-0.1, -0.05) is 41.9 Å². The summed E-state index contributed by atoms with van der Waals surface area (Å²) in [6.07, 6.45) is -5.51. The average Bonchev–Trinajstić information content (AvgIpc) is 3.58. The lowest BCUT2D eigenvalue weighted by Gasteiger charge is -2.22. The number of carbonyl (C=O) groups excluding carboxylic acids is 3. The van der Waals surface area contributed by atoms with Crippen molar-refractivity contribution in [2.24, 2.45) is 0 Å². The highest BCUT2D eigenvalue weighted by atomic mass is 35.5. The fourth-order valence-electron chi connectivity index (χ4n) is 3.81. The maximum Gasteiger partial charge on any atom is 0.471 e. The number of nitrogens with zero attached hydrogens (tertiary/aromatic N) is 1. The number of hydrogen-bond acceptors (Lipinski definition) is 4. The molecule has 1 atom stereocenters. The number of fused-ring (bicyclic) bond motifs is 1. The van der Waals surface area contributed by atoms with E-state index < -0.39 is 35.7 Å². The van der Waals surface area contributed by atoms with E-state index in [1.165, 1.54) is 7.05 Å². The van der Waals surface area contributed by atoms with Crippen molar-refractivity contribution in [2.75, 3.05) is 7.05 Å². The standard InChI is InChI=1S/C24H22ClF3N4O4/c1-13(30-20(33)23(11-12-23)31-21(34)24(26,27)28)14-7-9-15(10-8-14)32-17-6-4-3-5-16(17)18(25)19(32)36-22(35)29-2/h3-10,13H,11-12H2,1-2H3,(H,29,35)(H,30,33)(H,31,34). The Balaban J connectivity index is 1.56. The molecule has 1 aliphatic rings. The zero-order chi connectivity index (χ0) is 26.3. The summed E-state index contributed by atoms with van der Waals surface area (Å²) in [4.78, 5) is 35.8. The van der Waals surface area contributed by atoms with Gasteiger partial charge >= 0.3 is 18.2 Å². The summed E-state index contributed by atoms with van der Waals surface area (Å²) in [5.41, 5.74) is 0.441. The first-order chi connectivity index (χ1) is 17.0. The highest BCUT2D eigenvalue weighted by Gasteiger charge is 2.55. The minimum Gasteiger partial charge on any atom is -0.391 e. The van der Waals surface area contributed by atoms with Crippen LogP contribution in [0.25, 0.3) is 16.6 Å². The molecule has 36 heavy (non-hydrogen) atoms. The van der Waals surface area contributed by atoms with Crippen LogP contribution in [-0.2, 0) is 9.59 Å². The molecule has 2 aromatic carbocycles. The number of para-hydroxylation sites is 1. The normalized spacial score (nSPS) is 15.2. The Hall–Kier alpha value is -3.73. The van der Waals surface area contributed by atoms with Crippen molar-refractivity contribution < 1.29 is 32.3 Å². The van der Waals surface area contributed by atoms with Crippen molar-refractivity contribution in [3.8, 4) is 11.6 Å². The van der Waals surface area contributed by atoms with E-state index in [1.807, 2.05) is 12.1 Å². The van der Waals surface area contributed by atoms with Crippen molar-refractivity contribution in [3.63, 3.8) is 0 Å². The first kappa shape index (κ1) is 25.4. The van der Waals surface area contributed by atoms with Gasteiger partial charge in [0, 0.05) is 18.1 Å². The molecule has 12 heteroatoms. The minimum atomic E-state index is -5.07. The third kappa shape index (κ3) is 4.83. The Kier molecular flexibility index (Phi) is 6.61. The predicted octanol–water partition coefficient (Wildman–Crippen LogP) is 4.39. The van der Waals surface area contributed by atoms with Crippen molar-refractivity contribution in [1.82, 2.24) is 20.5 Å². The van der Waals surface area contributed by atoms with E-state index in [0.29, 0.717) is 22.2 Å². The molecule has 0 saturated heterocycles. The molecule has 4 rings (SSSR count). The second-order valence-electron chi connectivity index (χ2n) is 8.43. The lowest BCUT2D eigenvalue weighted by atomic mass is 10.1. The fraction of sp³-hybridized carbons (Fsp3) is 0.292. The molecule has 190 valence electrons. The largest absolute Gasteiger partial charge is 0.471 e. The summed E-state index contributed by atoms with van der Waals surface area (Å²) in [5, 5.41) is 7.79. The van der Waals surface area contributed by atoms with Crippen molar-refractivity contribution >= 4 is 40.4 Å². The number of nitrogens with one attached hydrogen (secondary N) is 3. The number of rotatable bonds is 6. The zero-order valence-corrected chi connectivity index (χ0v) is 20.0. The molecule has 0 spiro atoms. The SMILES string of the molecule is CNC(=O)Oc1c(Cl)c2ccccc2n1-c1ccc(C(C)NC(=O)C2(NC(=O)C(F)(F)F)CC2)cc1. The third-order valence-corrected chi connectivity index (χ3v) is 6.32. The Morgan fingerprint density at radius 3 is 2.31 bits per heavy atom. The quantitative estimate of drug-likeness (QED) is 0.447. The van der Waals surface area contributed by atoms with Gasteiger partial charge in [0.05, 0.1) is 11.6 Å². The summed E-state index contributed by atoms with van der Waals surface area (Å²) in [6.45, 7) is 1.68. The summed E-state index contributed by atoms with van der Waals surface area (Å²) in [6, 6.07) is 13.6. The molecular formula is C24H22ClF3N4O4. The van der Waals surface area contributed by atoms with Gasteiger partial charge in [-0.3, -0.25) is 14.2 Å². The molecule has 1 fully saturated rings. The Morgan fingerprint density at radius 2 is 1.72 bits per heavy atom. The fourth-order valence-corrected chi connectivity index (χ4v) is 4.10. The van der Waals surface area contributed by atoms with Gasteiger partial charge in [0.15, 0.2) is 0 Å². The molecule has 3 aromatic rings. The van der Waals surface area contributed by atoms with Gasteiger partial charge in [0.1, 0.15) is 10.6 Å². The summed E-state index contributed by atoms with van der Waals surface area (Å²) >= 11 is 6.49. The van der Waals surface area contributed by atoms with Gasteiger partial charge in [-0.2, -0.15) is 13.2 Å². The van der Waals surface area contributed by atoms with Gasteiger partial charge in [-0.05, 0) is 43.5 Å². The van der Waals surface area contributed by atoms with Gasteiger partial charge in [0.2, 0.25) is 11.8 Å². The van der Waals surface area contributed by atoms with Crippen LogP contribution in [0, 0.1) is 0 Å². The number of ether oxygens (including phenoxy) is 1. The van der Waals surface area contributed by atoms with Crippen molar-refractivity contribution in [2.45, 2.75) is 37.5 Å². The van der Waals surface area contributed by atoms with Crippen LogP contribution >= 0.6 is 11.6 Å². The van der Waals surface area contributed by atoms with E-state index in [-0.39, 0.29) is 23.7 Å². The van der Waals surface area contributed by atoms with Crippen LogP contribution in [0.3, 0.4) is 0 Å². The second-order valence-corrected chi connectivity index (χ2v) is 8.81. The summed E-state index contributed by atoms with van der Waals surface area (Å²) < 4.78 is 44.9. The number of aromatic nitrogens is 1. The maximum atomic E-state index is 12.6.